The van der Waals surface area contributed by atoms with Crippen LogP contribution in [0, 0.1) is 3.57 Å². The summed E-state index contributed by atoms with van der Waals surface area (Å²) in [7, 11) is 1.73. The second-order valence-corrected chi connectivity index (χ2v) is 6.98. The fourth-order valence-electron chi connectivity index (χ4n) is 2.18. The fourth-order valence-corrected chi connectivity index (χ4v) is 3.23. The van der Waals surface area contributed by atoms with Crippen LogP contribution < -0.4 is 5.73 Å². The molecular weight excluding hydrogens is 341 g/mol. The van der Waals surface area contributed by atoms with Crippen LogP contribution in [0.3, 0.4) is 0 Å². The Morgan fingerprint density at radius 3 is 2.28 bits per heavy atom. The first-order chi connectivity index (χ1) is 8.30. The summed E-state index contributed by atoms with van der Waals surface area (Å²) in [6.45, 7) is 6.42. The zero-order valence-electron chi connectivity index (χ0n) is 11.4. The Morgan fingerprint density at radius 1 is 1.28 bits per heavy atom. The van der Waals surface area contributed by atoms with E-state index >= 15 is 0 Å². The normalized spacial score (nSPS) is 18.5. The molecule has 1 aliphatic carbocycles. The number of anilines is 1. The van der Waals surface area contributed by atoms with E-state index in [9.17, 15) is 0 Å². The molecular formula is C13H20IN3O. The molecule has 0 bridgehead atoms. The van der Waals surface area contributed by atoms with Crippen molar-refractivity contribution in [3.05, 3.63) is 15.1 Å². The van der Waals surface area contributed by atoms with E-state index in [0.29, 0.717) is 5.82 Å². The third kappa shape index (κ3) is 2.22. The molecule has 0 aliphatic heterocycles. The molecule has 4 nitrogen and oxygen atoms in total. The molecule has 0 aromatic carbocycles. The maximum atomic E-state index is 6.03. The summed E-state index contributed by atoms with van der Waals surface area (Å²) in [5, 5.41) is 0. The van der Waals surface area contributed by atoms with Crippen LogP contribution in [0.5, 0.6) is 0 Å². The van der Waals surface area contributed by atoms with Gasteiger partial charge in [0.2, 0.25) is 0 Å². The first kappa shape index (κ1) is 14.0. The lowest BCUT2D eigenvalue weighted by atomic mass is 9.79. The van der Waals surface area contributed by atoms with Crippen molar-refractivity contribution >= 4 is 28.4 Å². The van der Waals surface area contributed by atoms with Gasteiger partial charge in [0.25, 0.3) is 0 Å². The van der Waals surface area contributed by atoms with Gasteiger partial charge in [-0.1, -0.05) is 20.8 Å². The van der Waals surface area contributed by atoms with Crippen LogP contribution in [-0.2, 0) is 15.8 Å². The van der Waals surface area contributed by atoms with Crippen molar-refractivity contribution in [3.63, 3.8) is 0 Å². The SMILES string of the molecule is COC1(c2nc(N)c(I)c(C(C)(C)C)n2)CCC1. The first-order valence-corrected chi connectivity index (χ1v) is 7.27. The number of nitrogens with zero attached hydrogens (tertiary/aromatic N) is 2. The van der Waals surface area contributed by atoms with Crippen LogP contribution in [0.1, 0.15) is 51.6 Å². The molecule has 100 valence electrons. The number of aromatic nitrogens is 2. The molecule has 0 unspecified atom stereocenters. The van der Waals surface area contributed by atoms with Crippen LogP contribution in [0.4, 0.5) is 5.82 Å². The van der Waals surface area contributed by atoms with Crippen LogP contribution in [0.2, 0.25) is 0 Å². The maximum absolute atomic E-state index is 6.03. The van der Waals surface area contributed by atoms with Gasteiger partial charge in [-0.3, -0.25) is 0 Å². The minimum absolute atomic E-state index is 0.0407. The fraction of sp³-hybridized carbons (Fsp3) is 0.692. The topological polar surface area (TPSA) is 61.0 Å². The molecule has 2 rings (SSSR count). The van der Waals surface area contributed by atoms with Gasteiger partial charge in [-0.15, -0.1) is 0 Å². The molecule has 0 saturated heterocycles. The van der Waals surface area contributed by atoms with Crippen molar-refractivity contribution in [1.29, 1.82) is 0 Å². The third-order valence-electron chi connectivity index (χ3n) is 3.55. The second kappa shape index (κ2) is 4.59. The van der Waals surface area contributed by atoms with Gasteiger partial charge in [0.05, 0.1) is 9.26 Å². The zero-order valence-corrected chi connectivity index (χ0v) is 13.5. The second-order valence-electron chi connectivity index (χ2n) is 5.90. The highest BCUT2D eigenvalue weighted by Gasteiger charge is 2.42. The van der Waals surface area contributed by atoms with Gasteiger partial charge < -0.3 is 10.5 Å². The summed E-state index contributed by atoms with van der Waals surface area (Å²) in [6, 6.07) is 0. The first-order valence-electron chi connectivity index (χ1n) is 6.19. The molecule has 1 aromatic rings. The Bertz CT molecular complexity index is 459. The van der Waals surface area contributed by atoms with Gasteiger partial charge in [-0.25, -0.2) is 9.97 Å². The molecule has 0 radical (unpaired) electrons. The molecule has 2 N–H and O–H groups in total. The summed E-state index contributed by atoms with van der Waals surface area (Å²) < 4.78 is 6.59. The number of nitrogens with two attached hydrogens (primary N) is 1. The molecule has 1 aromatic heterocycles. The van der Waals surface area contributed by atoms with Gasteiger partial charge in [-0.2, -0.15) is 0 Å². The van der Waals surface area contributed by atoms with Crippen molar-refractivity contribution in [2.24, 2.45) is 0 Å². The maximum Gasteiger partial charge on any atom is 0.162 e. The standard InChI is InChI=1S/C13H20IN3O/c1-12(2,3)9-8(14)10(15)17-11(16-9)13(18-4)6-5-7-13/h5-7H2,1-4H3,(H2,15,16,17). The predicted octanol–water partition coefficient (Wildman–Crippen LogP) is 2.99. The molecule has 0 amide bonds. The predicted molar refractivity (Wildman–Crippen MR) is 80.4 cm³/mol. The molecule has 1 aliphatic rings. The lowest BCUT2D eigenvalue weighted by Crippen LogP contribution is -2.39. The average Bonchev–Trinajstić information content (AvgIpc) is 2.20. The number of hydrogen-bond donors (Lipinski definition) is 1. The van der Waals surface area contributed by atoms with Crippen molar-refractivity contribution in [2.45, 2.75) is 51.0 Å². The van der Waals surface area contributed by atoms with E-state index in [-0.39, 0.29) is 11.0 Å². The summed E-state index contributed by atoms with van der Waals surface area (Å²) in [5.74, 6) is 1.31. The highest BCUT2D eigenvalue weighted by molar-refractivity contribution is 14.1. The third-order valence-corrected chi connectivity index (χ3v) is 4.61. The molecule has 1 fully saturated rings. The number of nitrogen functional groups attached to an aromatic ring is 1. The number of halogens is 1. The Morgan fingerprint density at radius 2 is 1.89 bits per heavy atom. The van der Waals surface area contributed by atoms with E-state index in [4.69, 9.17) is 15.5 Å². The Balaban J connectivity index is 2.54. The Kier molecular flexibility index (Phi) is 3.57. The quantitative estimate of drug-likeness (QED) is 0.823. The van der Waals surface area contributed by atoms with Crippen molar-refractivity contribution < 1.29 is 4.74 Å². The lowest BCUT2D eigenvalue weighted by molar-refractivity contribution is -0.0848. The van der Waals surface area contributed by atoms with E-state index in [1.54, 1.807) is 7.11 Å². The minimum atomic E-state index is -0.307. The van der Waals surface area contributed by atoms with E-state index in [1.807, 2.05) is 0 Å². The van der Waals surface area contributed by atoms with Gasteiger partial charge in [0.1, 0.15) is 11.4 Å². The number of methoxy groups -OCH3 is 1. The largest absolute Gasteiger partial charge is 0.383 e. The molecule has 0 spiro atoms. The number of ether oxygens (including phenoxy) is 1. The summed E-state index contributed by atoms with van der Waals surface area (Å²) in [5.41, 5.74) is 6.69. The molecule has 0 atom stereocenters. The average molecular weight is 361 g/mol. The smallest absolute Gasteiger partial charge is 0.162 e. The summed E-state index contributed by atoms with van der Waals surface area (Å²) >= 11 is 2.23. The highest BCUT2D eigenvalue weighted by atomic mass is 127. The Hall–Kier alpha value is -0.430. The molecule has 1 heterocycles. The van der Waals surface area contributed by atoms with E-state index in [0.717, 1.165) is 34.4 Å². The van der Waals surface area contributed by atoms with Crippen LogP contribution in [0.15, 0.2) is 0 Å². The summed E-state index contributed by atoms with van der Waals surface area (Å²) in [6.07, 6.45) is 3.12. The van der Waals surface area contributed by atoms with Gasteiger partial charge in [0, 0.05) is 12.5 Å². The Labute approximate surface area is 122 Å². The zero-order chi connectivity index (χ0) is 13.6. The monoisotopic (exact) mass is 361 g/mol. The van der Waals surface area contributed by atoms with E-state index < -0.39 is 0 Å². The van der Waals surface area contributed by atoms with Crippen LogP contribution >= 0.6 is 22.6 Å². The molecule has 18 heavy (non-hydrogen) atoms. The van der Waals surface area contributed by atoms with Crippen molar-refractivity contribution in [2.75, 3.05) is 12.8 Å². The molecule has 5 heteroatoms. The van der Waals surface area contributed by atoms with Gasteiger partial charge in [-0.05, 0) is 41.9 Å². The van der Waals surface area contributed by atoms with Crippen LogP contribution in [-0.4, -0.2) is 17.1 Å². The van der Waals surface area contributed by atoms with Crippen molar-refractivity contribution in [1.82, 2.24) is 9.97 Å². The van der Waals surface area contributed by atoms with E-state index in [1.165, 1.54) is 0 Å². The summed E-state index contributed by atoms with van der Waals surface area (Å²) in [4.78, 5) is 9.19. The van der Waals surface area contributed by atoms with Crippen LogP contribution in [0.25, 0.3) is 0 Å². The minimum Gasteiger partial charge on any atom is -0.383 e. The number of rotatable bonds is 2. The van der Waals surface area contributed by atoms with Crippen molar-refractivity contribution in [3.8, 4) is 0 Å². The number of hydrogen-bond acceptors (Lipinski definition) is 4. The van der Waals surface area contributed by atoms with Gasteiger partial charge in [0.15, 0.2) is 5.82 Å². The highest BCUT2D eigenvalue weighted by Crippen LogP contribution is 2.43. The van der Waals surface area contributed by atoms with Gasteiger partial charge >= 0.3 is 0 Å². The lowest BCUT2D eigenvalue weighted by Gasteiger charge is -2.39. The van der Waals surface area contributed by atoms with E-state index in [2.05, 4.69) is 48.3 Å². The molecule has 1 saturated carbocycles.